The van der Waals surface area contributed by atoms with E-state index in [1.807, 2.05) is 0 Å². The van der Waals surface area contributed by atoms with Crippen molar-refractivity contribution in [1.82, 2.24) is 9.55 Å². The maximum absolute atomic E-state index is 13.3. The van der Waals surface area contributed by atoms with Gasteiger partial charge in [-0.2, -0.15) is 4.98 Å². The molecule has 1 atom stereocenters. The van der Waals surface area contributed by atoms with Gasteiger partial charge in [0.25, 0.3) is 6.01 Å². The Morgan fingerprint density at radius 1 is 1.11 bits per heavy atom. The Bertz CT molecular complexity index is 1750. The van der Waals surface area contributed by atoms with Crippen LogP contribution in [0.4, 0.5) is 6.01 Å². The topological polar surface area (TPSA) is 172 Å². The first-order chi connectivity index (χ1) is 18.3. The molecular formula is C26H23N3O9. The number of oxazole rings is 2. The first-order valence-corrected chi connectivity index (χ1v) is 11.4. The number of ether oxygens (including phenoxy) is 3. The minimum atomic E-state index is -0.938. The molecule has 0 fully saturated rings. The van der Waals surface area contributed by atoms with Crippen LogP contribution in [0.25, 0.3) is 17.5 Å². The second-order valence-corrected chi connectivity index (χ2v) is 8.23. The van der Waals surface area contributed by atoms with Crippen LogP contribution in [0.2, 0.25) is 0 Å². The number of nitrogens with two attached hydrogens (primary N) is 1. The summed E-state index contributed by atoms with van der Waals surface area (Å²) >= 11 is 0. The Morgan fingerprint density at radius 3 is 2.47 bits per heavy atom. The van der Waals surface area contributed by atoms with Gasteiger partial charge in [0.2, 0.25) is 11.4 Å². The maximum Gasteiger partial charge on any atom is 0.362 e. The van der Waals surface area contributed by atoms with E-state index in [4.69, 9.17) is 28.8 Å². The molecule has 12 heteroatoms. The number of hydrogen-bond donors (Lipinski definition) is 3. The predicted molar refractivity (Wildman–Crippen MR) is 133 cm³/mol. The van der Waals surface area contributed by atoms with E-state index in [9.17, 15) is 19.8 Å². The van der Waals surface area contributed by atoms with Crippen molar-refractivity contribution >= 4 is 23.6 Å². The van der Waals surface area contributed by atoms with Crippen LogP contribution in [-0.4, -0.2) is 46.6 Å². The van der Waals surface area contributed by atoms with Crippen molar-refractivity contribution < 1.29 is 38.1 Å². The van der Waals surface area contributed by atoms with Crippen molar-refractivity contribution in [2.75, 3.05) is 26.6 Å². The summed E-state index contributed by atoms with van der Waals surface area (Å²) in [4.78, 5) is 30.8. The van der Waals surface area contributed by atoms with E-state index in [0.717, 1.165) is 0 Å². The van der Waals surface area contributed by atoms with Crippen molar-refractivity contribution in [2.45, 2.75) is 12.8 Å². The van der Waals surface area contributed by atoms with E-state index in [-0.39, 0.29) is 63.7 Å². The molecule has 4 aromatic rings. The number of nitrogens with zero attached hydrogens (tertiary/aromatic N) is 2. The minimum absolute atomic E-state index is 0.00585. The zero-order valence-corrected chi connectivity index (χ0v) is 20.5. The van der Waals surface area contributed by atoms with Crippen LogP contribution in [0, 0.1) is 0 Å². The van der Waals surface area contributed by atoms with E-state index < -0.39 is 17.5 Å². The molecule has 196 valence electrons. The molecule has 3 heterocycles. The Balaban J connectivity index is 1.88. The molecule has 1 unspecified atom stereocenters. The summed E-state index contributed by atoms with van der Waals surface area (Å²) in [6.45, 7) is 1.70. The lowest BCUT2D eigenvalue weighted by atomic mass is 9.86. The van der Waals surface area contributed by atoms with Gasteiger partial charge in [-0.25, -0.2) is 14.2 Å². The number of rotatable bonds is 6. The number of fused-ring (bicyclic) bond motifs is 3. The van der Waals surface area contributed by atoms with Crippen LogP contribution in [0.15, 0.2) is 50.0 Å². The van der Waals surface area contributed by atoms with Crippen molar-refractivity contribution in [2.24, 2.45) is 0 Å². The summed E-state index contributed by atoms with van der Waals surface area (Å²) in [6, 6.07) is 8.80. The lowest BCUT2D eigenvalue weighted by molar-refractivity contribution is -0.136. The number of esters is 1. The van der Waals surface area contributed by atoms with E-state index >= 15 is 0 Å². The summed E-state index contributed by atoms with van der Waals surface area (Å²) in [7, 11) is 2.79. The molecule has 0 aliphatic carbocycles. The third kappa shape index (κ3) is 3.92. The number of carbonyl (C=O) groups is 1. The summed E-state index contributed by atoms with van der Waals surface area (Å²) in [5.41, 5.74) is 6.18. The standard InChI is InChI=1S/C26H23N3O9/c1-4-36-25(33)20-19(13-6-8-16(31)18(11-13)35-3)21-23(38-26(27)28-21)29-14(24(32)37-22(20)29)9-12-5-7-15(30)17(10-12)34-2/h5-11,19,30-31H,4H2,1-3H3,(H2,27,28)/b14-9-. The molecule has 2 aromatic carbocycles. The van der Waals surface area contributed by atoms with Crippen molar-refractivity contribution in [3.8, 4) is 28.9 Å². The van der Waals surface area contributed by atoms with Gasteiger partial charge in [-0.05, 0) is 48.4 Å². The van der Waals surface area contributed by atoms with Gasteiger partial charge < -0.3 is 39.0 Å². The Kier molecular flexibility index (Phi) is 6.07. The molecule has 0 amide bonds. The first kappa shape index (κ1) is 24.6. The van der Waals surface area contributed by atoms with Crippen LogP contribution in [0.3, 0.4) is 0 Å². The molecule has 4 N–H and O–H groups in total. The number of aromatic nitrogens is 2. The van der Waals surface area contributed by atoms with Crippen LogP contribution in [0.5, 0.6) is 23.0 Å². The fourth-order valence-electron chi connectivity index (χ4n) is 4.39. The fourth-order valence-corrected chi connectivity index (χ4v) is 4.39. The number of nitrogen functional groups attached to an aromatic ring is 1. The van der Waals surface area contributed by atoms with Crippen LogP contribution in [-0.2, 0) is 9.53 Å². The van der Waals surface area contributed by atoms with Gasteiger partial charge in [0.05, 0.1) is 26.7 Å². The van der Waals surface area contributed by atoms with Gasteiger partial charge in [-0.15, -0.1) is 0 Å². The zero-order chi connectivity index (χ0) is 27.1. The summed E-state index contributed by atoms with van der Waals surface area (Å²) in [6.07, 6.45) is 1.48. The van der Waals surface area contributed by atoms with E-state index in [1.54, 1.807) is 19.1 Å². The van der Waals surface area contributed by atoms with Gasteiger partial charge in [-0.3, -0.25) is 0 Å². The van der Waals surface area contributed by atoms with Gasteiger partial charge in [-0.1, -0.05) is 12.1 Å². The molecule has 0 saturated carbocycles. The average Bonchev–Trinajstić information content (AvgIpc) is 3.43. The molecule has 38 heavy (non-hydrogen) atoms. The molecular weight excluding hydrogens is 498 g/mol. The number of hydrogen-bond acceptors (Lipinski definition) is 11. The summed E-state index contributed by atoms with van der Waals surface area (Å²) in [5.74, 6) is -1.47. The van der Waals surface area contributed by atoms with Crippen molar-refractivity contribution in [1.29, 1.82) is 0 Å². The fraction of sp³-hybridized carbons (Fsp3) is 0.192. The highest BCUT2D eigenvalue weighted by molar-refractivity contribution is 6.12. The van der Waals surface area contributed by atoms with E-state index in [0.29, 0.717) is 11.1 Å². The highest BCUT2D eigenvalue weighted by atomic mass is 16.5. The molecule has 0 spiro atoms. The third-order valence-electron chi connectivity index (χ3n) is 6.03. The number of methoxy groups -OCH3 is 2. The second kappa shape index (κ2) is 9.39. The number of phenols is 2. The van der Waals surface area contributed by atoms with Crippen LogP contribution >= 0.6 is 0 Å². The van der Waals surface area contributed by atoms with Gasteiger partial charge in [0, 0.05) is 0 Å². The number of benzene rings is 2. The molecule has 0 saturated heterocycles. The average molecular weight is 521 g/mol. The number of aromatic hydroxyl groups is 2. The molecule has 1 aliphatic rings. The predicted octanol–water partition coefficient (Wildman–Crippen LogP) is 1.12. The molecule has 5 rings (SSSR count). The van der Waals surface area contributed by atoms with Crippen LogP contribution < -0.4 is 31.7 Å². The number of carbonyl (C=O) groups excluding carboxylic acids is 1. The van der Waals surface area contributed by atoms with E-state index in [1.165, 1.54) is 49.1 Å². The first-order valence-electron chi connectivity index (χ1n) is 11.4. The largest absolute Gasteiger partial charge is 0.504 e. The smallest absolute Gasteiger partial charge is 0.362 e. The zero-order valence-electron chi connectivity index (χ0n) is 20.5. The summed E-state index contributed by atoms with van der Waals surface area (Å²) in [5, 5.41) is 20.0. The second-order valence-electron chi connectivity index (χ2n) is 8.23. The molecule has 12 nitrogen and oxygen atoms in total. The number of anilines is 1. The van der Waals surface area contributed by atoms with Gasteiger partial charge in [0.1, 0.15) is 16.6 Å². The SMILES string of the molecule is CCOC(=O)C1=c2oc(=O)/c(=C/c3ccc(O)c(OC)c3)n2-c2oc(N)nc2C1c1ccc(O)c(OC)c1. The van der Waals surface area contributed by atoms with Gasteiger partial charge >= 0.3 is 11.6 Å². The summed E-state index contributed by atoms with van der Waals surface area (Å²) < 4.78 is 28.4. The molecule has 2 aromatic heterocycles. The Morgan fingerprint density at radius 2 is 1.79 bits per heavy atom. The number of phenolic OH excluding ortho intramolecular Hbond substituents is 2. The Labute approximate surface area is 214 Å². The molecule has 1 aliphatic heterocycles. The van der Waals surface area contributed by atoms with Gasteiger partial charge in [0.15, 0.2) is 23.0 Å². The highest BCUT2D eigenvalue weighted by Crippen LogP contribution is 2.41. The molecule has 0 radical (unpaired) electrons. The molecule has 0 bridgehead atoms. The van der Waals surface area contributed by atoms with Crippen molar-refractivity contribution in [3.05, 3.63) is 74.5 Å². The van der Waals surface area contributed by atoms with E-state index in [2.05, 4.69) is 4.98 Å². The quantitative estimate of drug-likeness (QED) is 0.310. The maximum atomic E-state index is 13.3. The monoisotopic (exact) mass is 521 g/mol. The highest BCUT2D eigenvalue weighted by Gasteiger charge is 2.40. The lowest BCUT2D eigenvalue weighted by Crippen LogP contribution is -2.37. The minimum Gasteiger partial charge on any atom is -0.504 e. The van der Waals surface area contributed by atoms with Crippen LogP contribution in [0.1, 0.15) is 29.7 Å². The Hall–Kier alpha value is -5.13. The lowest BCUT2D eigenvalue weighted by Gasteiger charge is -2.22. The normalized spacial score (nSPS) is 14.7. The third-order valence-corrected chi connectivity index (χ3v) is 6.03. The van der Waals surface area contributed by atoms with Crippen molar-refractivity contribution in [3.63, 3.8) is 0 Å².